The molecule has 0 saturated heterocycles. The molecule has 1 atom stereocenters. The summed E-state index contributed by atoms with van der Waals surface area (Å²) in [5.74, 6) is -1.48. The Hall–Kier alpha value is -5.00. The number of rotatable bonds is 7. The molecule has 52 heavy (non-hydrogen) atoms. The van der Waals surface area contributed by atoms with Gasteiger partial charge in [-0.05, 0) is 51.3 Å². The quantitative estimate of drug-likeness (QED) is 0.118. The molecule has 0 saturated carbocycles. The van der Waals surface area contributed by atoms with Gasteiger partial charge in [-0.3, -0.25) is 4.39 Å². The molecule has 6 heteroatoms. The number of furan rings is 1. The maximum Gasteiger partial charge on any atom is 0.120 e. The smallest absolute Gasteiger partial charge is 0.120 e. The average molecular weight is 878 g/mol. The third-order valence-corrected chi connectivity index (χ3v) is 10.9. The largest absolute Gasteiger partial charge is 0.500 e. The Labute approximate surface area is 324 Å². The van der Waals surface area contributed by atoms with Crippen molar-refractivity contribution < 1.29 is 33.0 Å². The van der Waals surface area contributed by atoms with E-state index in [1.165, 1.54) is 17.3 Å². The van der Waals surface area contributed by atoms with Crippen molar-refractivity contribution in [1.29, 1.82) is 0 Å². The van der Waals surface area contributed by atoms with Gasteiger partial charge in [0.05, 0.1) is 13.7 Å². The van der Waals surface area contributed by atoms with Crippen LogP contribution in [-0.2, 0) is 26.5 Å². The molecular weight excluding hydrogens is 836 g/mol. The maximum atomic E-state index is 12.8. The van der Waals surface area contributed by atoms with Crippen molar-refractivity contribution in [1.82, 2.24) is 9.97 Å². The van der Waals surface area contributed by atoms with Gasteiger partial charge >= 0.3 is 0 Å². The van der Waals surface area contributed by atoms with Crippen molar-refractivity contribution in [2.24, 2.45) is 0 Å². The summed E-state index contributed by atoms with van der Waals surface area (Å²) < 4.78 is 46.4. The van der Waals surface area contributed by atoms with Crippen LogP contribution in [0, 0.1) is 17.9 Å². The predicted molar refractivity (Wildman–Crippen MR) is 210 cm³/mol. The van der Waals surface area contributed by atoms with Crippen LogP contribution in [0.5, 0.6) is 0 Å². The fourth-order valence-corrected chi connectivity index (χ4v) is 6.94. The fourth-order valence-electron chi connectivity index (χ4n) is 5.91. The SMILES string of the molecule is C[Si](C)(C)c1ccc(-c2[c-]cc(F)cc2)nc1.[2H]C([2H])(c1ccccc1)c1cc(-c2[c-]cc3oc4ccccc4c3c2)ncc1C([2H])(C)c1ccccc1.[Ir]. The number of hydrogen-bond acceptors (Lipinski definition) is 3. The first-order valence-corrected chi connectivity index (χ1v) is 20.4. The van der Waals surface area contributed by atoms with E-state index >= 15 is 0 Å². The normalized spacial score (nSPS) is 13.5. The number of para-hydroxylation sites is 1. The maximum absolute atomic E-state index is 12.8. The summed E-state index contributed by atoms with van der Waals surface area (Å²) in [5, 5.41) is 3.29. The molecule has 8 aromatic rings. The van der Waals surface area contributed by atoms with Gasteiger partial charge < -0.3 is 14.4 Å². The van der Waals surface area contributed by atoms with Crippen LogP contribution in [0.3, 0.4) is 0 Å². The third kappa shape index (κ3) is 8.37. The molecule has 5 aromatic carbocycles. The molecule has 0 aliphatic heterocycles. The summed E-state index contributed by atoms with van der Waals surface area (Å²) in [4.78, 5) is 9.16. The molecule has 3 nitrogen and oxygen atoms in total. The van der Waals surface area contributed by atoms with Crippen molar-refractivity contribution in [3.05, 3.63) is 186 Å². The first-order chi connectivity index (χ1) is 25.8. The number of fused-ring (bicyclic) bond motifs is 3. The Bertz CT molecular complexity index is 2540. The van der Waals surface area contributed by atoms with E-state index in [0.717, 1.165) is 44.3 Å². The number of benzene rings is 5. The number of pyridine rings is 2. The van der Waals surface area contributed by atoms with E-state index in [-0.39, 0.29) is 25.9 Å². The third-order valence-electron chi connectivity index (χ3n) is 8.83. The molecule has 1 unspecified atom stereocenters. The molecule has 261 valence electrons. The Morgan fingerprint density at radius 3 is 2.12 bits per heavy atom. The molecule has 8 rings (SSSR count). The van der Waals surface area contributed by atoms with E-state index < -0.39 is 20.3 Å². The van der Waals surface area contributed by atoms with Crippen LogP contribution in [0.15, 0.2) is 150 Å². The van der Waals surface area contributed by atoms with Crippen LogP contribution in [0.4, 0.5) is 4.39 Å². The average Bonchev–Trinajstić information content (AvgIpc) is 3.57. The van der Waals surface area contributed by atoms with E-state index in [1.807, 2.05) is 97.2 Å². The number of hydrogen-bond donors (Lipinski definition) is 0. The van der Waals surface area contributed by atoms with E-state index in [0.29, 0.717) is 22.4 Å². The molecular formula is C46H39FIrN2OSi-2. The van der Waals surface area contributed by atoms with Crippen LogP contribution in [0.2, 0.25) is 19.6 Å². The molecule has 0 aliphatic rings. The first-order valence-electron chi connectivity index (χ1n) is 18.4. The Morgan fingerprint density at radius 1 is 0.731 bits per heavy atom. The second-order valence-electron chi connectivity index (χ2n) is 13.4. The molecule has 1 radical (unpaired) electrons. The minimum atomic E-state index is -1.85. The van der Waals surface area contributed by atoms with Crippen LogP contribution in [0.1, 0.15) is 39.2 Å². The summed E-state index contributed by atoms with van der Waals surface area (Å²) in [6.45, 7) is 8.65. The van der Waals surface area contributed by atoms with Crippen molar-refractivity contribution >= 4 is 35.2 Å². The molecule has 0 N–H and O–H groups in total. The summed E-state index contributed by atoms with van der Waals surface area (Å²) >= 11 is 0. The number of nitrogens with zero attached hydrogens (tertiary/aromatic N) is 2. The minimum Gasteiger partial charge on any atom is -0.500 e. The summed E-state index contributed by atoms with van der Waals surface area (Å²) in [6.07, 6.45) is 1.73. The molecule has 0 fully saturated rings. The van der Waals surface area contributed by atoms with Crippen LogP contribution < -0.4 is 5.19 Å². The van der Waals surface area contributed by atoms with Crippen LogP contribution >= 0.6 is 0 Å². The van der Waals surface area contributed by atoms with E-state index in [4.69, 9.17) is 9.40 Å². The molecule has 0 amide bonds. The second kappa shape index (κ2) is 16.1. The standard InChI is InChI=1S/C32H24NO.C14H15FNSi.Ir/c1-22(24-12-6-3-7-13-24)29-21-33-30(20-26(29)18-23-10-4-2-5-11-23)25-16-17-32-28(19-25)27-14-8-9-15-31(27)34-32;1-17(2,3)13-8-9-14(16-10-13)11-4-6-12(15)7-5-11;/h2-15,17,19-22H,18H2,1H3;4,6-10H,1-3H3;/q2*-1;/i18D2,22D;;. The Morgan fingerprint density at radius 2 is 1.42 bits per heavy atom. The monoisotopic (exact) mass is 878 g/mol. The number of halogens is 1. The van der Waals surface area contributed by atoms with Crippen LogP contribution in [-0.4, -0.2) is 18.0 Å². The van der Waals surface area contributed by atoms with Gasteiger partial charge in [0, 0.05) is 53.7 Å². The van der Waals surface area contributed by atoms with Crippen molar-refractivity contribution in [2.75, 3.05) is 0 Å². The zero-order valence-electron chi connectivity index (χ0n) is 32.4. The van der Waals surface area contributed by atoms with Gasteiger partial charge in [-0.1, -0.05) is 129 Å². The van der Waals surface area contributed by atoms with E-state index in [2.05, 4.69) is 42.8 Å². The van der Waals surface area contributed by atoms with E-state index in [9.17, 15) is 8.50 Å². The zero-order chi connectivity index (χ0) is 38.1. The summed E-state index contributed by atoms with van der Waals surface area (Å²) in [7, 11) is -1.30. The van der Waals surface area contributed by atoms with Crippen LogP contribution in [0.25, 0.3) is 44.5 Å². The Balaban J connectivity index is 0.000000241. The summed E-state index contributed by atoms with van der Waals surface area (Å²) in [6, 6.07) is 46.8. The fraction of sp³-hybridized carbons (Fsp3) is 0.130. The van der Waals surface area contributed by atoms with Gasteiger partial charge in [-0.15, -0.1) is 53.6 Å². The van der Waals surface area contributed by atoms with E-state index in [1.54, 1.807) is 37.4 Å². The zero-order valence-corrected chi connectivity index (χ0v) is 32.8. The molecule has 0 spiro atoms. The summed E-state index contributed by atoms with van der Waals surface area (Å²) in [5.41, 5.74) is 6.77. The van der Waals surface area contributed by atoms with Crippen molar-refractivity contribution in [3.63, 3.8) is 0 Å². The van der Waals surface area contributed by atoms with Gasteiger partial charge in [-0.25, -0.2) is 0 Å². The topological polar surface area (TPSA) is 38.9 Å². The van der Waals surface area contributed by atoms with Crippen molar-refractivity contribution in [2.45, 2.75) is 38.8 Å². The minimum absolute atomic E-state index is 0. The number of aromatic nitrogens is 2. The Kier molecular flexibility index (Phi) is 10.2. The van der Waals surface area contributed by atoms with Gasteiger partial charge in [0.25, 0.3) is 0 Å². The van der Waals surface area contributed by atoms with Gasteiger partial charge in [0.1, 0.15) is 5.58 Å². The van der Waals surface area contributed by atoms with Crippen molar-refractivity contribution in [3.8, 4) is 22.5 Å². The second-order valence-corrected chi connectivity index (χ2v) is 18.5. The molecule has 0 bridgehead atoms. The predicted octanol–water partition coefficient (Wildman–Crippen LogP) is 11.4. The molecule has 0 aliphatic carbocycles. The molecule has 3 heterocycles. The molecule has 3 aromatic heterocycles. The van der Waals surface area contributed by atoms with Gasteiger partial charge in [0.2, 0.25) is 0 Å². The van der Waals surface area contributed by atoms with Gasteiger partial charge in [-0.2, -0.15) is 0 Å². The first kappa shape index (κ1) is 32.9. The van der Waals surface area contributed by atoms with Gasteiger partial charge in [0.15, 0.2) is 0 Å².